The Hall–Kier alpha value is -0.660. The van der Waals surface area contributed by atoms with Crippen LogP contribution < -0.4 is 0 Å². The quantitative estimate of drug-likeness (QED) is 0.394. The van der Waals surface area contributed by atoms with Gasteiger partial charge in [-0.15, -0.1) is 0 Å². The summed E-state index contributed by atoms with van der Waals surface area (Å²) < 4.78 is 0. The largest absolute Gasteiger partial charge is 0.303 e. The van der Waals surface area contributed by atoms with Gasteiger partial charge in [-0.1, -0.05) is 0 Å². The number of aldehydes is 1. The molecule has 1 aliphatic carbocycles. The maximum absolute atomic E-state index is 10.6. The molecule has 0 unspecified atom stereocenters. The Kier molecular flexibility index (Phi) is 1.42. The van der Waals surface area contributed by atoms with Gasteiger partial charge in [-0.2, -0.15) is 0 Å². The Bertz CT molecular complexity index is 114. The van der Waals surface area contributed by atoms with Gasteiger partial charge in [0, 0.05) is 5.92 Å². The monoisotopic (exact) mass is 112 g/mol. The lowest BCUT2D eigenvalue weighted by atomic mass is 10.2. The first-order valence-electron chi connectivity index (χ1n) is 2.81. The molecule has 8 heavy (non-hydrogen) atoms. The van der Waals surface area contributed by atoms with E-state index in [2.05, 4.69) is 0 Å². The van der Waals surface area contributed by atoms with E-state index < -0.39 is 0 Å². The van der Waals surface area contributed by atoms with Crippen LogP contribution >= 0.6 is 0 Å². The second-order valence-electron chi connectivity index (χ2n) is 2.11. The van der Waals surface area contributed by atoms with Crippen LogP contribution in [0.1, 0.15) is 19.3 Å². The van der Waals surface area contributed by atoms with E-state index in [1.165, 1.54) is 0 Å². The van der Waals surface area contributed by atoms with Crippen molar-refractivity contribution >= 4 is 12.1 Å². The molecule has 0 aromatic heterocycles. The highest BCUT2D eigenvalue weighted by Crippen LogP contribution is 2.30. The molecule has 0 saturated heterocycles. The molecule has 0 atom stereocenters. The van der Waals surface area contributed by atoms with Crippen LogP contribution in [0.25, 0.3) is 0 Å². The molecule has 1 fully saturated rings. The number of hydrogen-bond acceptors (Lipinski definition) is 2. The maximum atomic E-state index is 10.6. The van der Waals surface area contributed by atoms with Crippen molar-refractivity contribution in [2.75, 3.05) is 0 Å². The molecule has 0 spiro atoms. The Morgan fingerprint density at radius 3 is 2.62 bits per heavy atom. The zero-order chi connectivity index (χ0) is 5.98. The Morgan fingerprint density at radius 1 is 1.62 bits per heavy atom. The summed E-state index contributed by atoms with van der Waals surface area (Å²) in [6.45, 7) is 0. The summed E-state index contributed by atoms with van der Waals surface area (Å²) in [6, 6.07) is 0. The number of carbonyl (C=O) groups is 2. The molecule has 0 aromatic carbocycles. The smallest absolute Gasteiger partial charge is 0.143 e. The number of rotatable bonds is 3. The van der Waals surface area contributed by atoms with Gasteiger partial charge in [-0.25, -0.2) is 0 Å². The van der Waals surface area contributed by atoms with Gasteiger partial charge in [0.25, 0.3) is 0 Å². The number of Topliss-reactive ketones (excluding diaryl/α,β-unsaturated/α-hetero) is 1. The van der Waals surface area contributed by atoms with Crippen LogP contribution in [0.5, 0.6) is 0 Å². The minimum Gasteiger partial charge on any atom is -0.303 e. The van der Waals surface area contributed by atoms with Gasteiger partial charge >= 0.3 is 0 Å². The molecule has 0 bridgehead atoms. The topological polar surface area (TPSA) is 34.1 Å². The fourth-order valence-corrected chi connectivity index (χ4v) is 0.654. The summed E-state index contributed by atoms with van der Waals surface area (Å²) in [7, 11) is 0. The molecule has 0 heterocycles. The van der Waals surface area contributed by atoms with E-state index in [0.717, 1.165) is 12.8 Å². The molecule has 2 nitrogen and oxygen atoms in total. The van der Waals surface area contributed by atoms with Crippen LogP contribution in [0.4, 0.5) is 0 Å². The second-order valence-corrected chi connectivity index (χ2v) is 2.11. The lowest BCUT2D eigenvalue weighted by molar-refractivity contribution is -0.123. The zero-order valence-corrected chi connectivity index (χ0v) is 4.59. The molecule has 2 heteroatoms. The number of ketones is 1. The standard InChI is InChI=1S/C6H8O2/c7-4-3-6(8)5-1-2-5/h4-5H,1-3H2. The second kappa shape index (κ2) is 2.07. The number of carbonyl (C=O) groups excluding carboxylic acids is 2. The van der Waals surface area contributed by atoms with Gasteiger partial charge in [0.2, 0.25) is 0 Å². The minimum atomic E-state index is 0.125. The third kappa shape index (κ3) is 1.15. The van der Waals surface area contributed by atoms with Crippen LogP contribution in [0.15, 0.2) is 0 Å². The predicted molar refractivity (Wildman–Crippen MR) is 28.4 cm³/mol. The van der Waals surface area contributed by atoms with Crippen LogP contribution in [0.2, 0.25) is 0 Å². The summed E-state index contributed by atoms with van der Waals surface area (Å²) in [5.74, 6) is 0.375. The van der Waals surface area contributed by atoms with Crippen molar-refractivity contribution in [3.63, 3.8) is 0 Å². The minimum absolute atomic E-state index is 0.125. The summed E-state index contributed by atoms with van der Waals surface area (Å²) in [5, 5.41) is 0. The Labute approximate surface area is 47.9 Å². The average molecular weight is 112 g/mol. The molecular formula is C6H8O2. The first-order chi connectivity index (χ1) is 3.84. The van der Waals surface area contributed by atoms with E-state index in [1.807, 2.05) is 0 Å². The van der Waals surface area contributed by atoms with Gasteiger partial charge in [-0.3, -0.25) is 4.79 Å². The van der Waals surface area contributed by atoms with E-state index in [1.54, 1.807) is 0 Å². The van der Waals surface area contributed by atoms with E-state index in [4.69, 9.17) is 0 Å². The van der Waals surface area contributed by atoms with Gasteiger partial charge in [-0.05, 0) is 12.8 Å². The average Bonchev–Trinajstić information content (AvgIpc) is 2.45. The van der Waals surface area contributed by atoms with Crippen molar-refractivity contribution in [3.8, 4) is 0 Å². The highest BCUT2D eigenvalue weighted by molar-refractivity contribution is 5.92. The fraction of sp³-hybridized carbons (Fsp3) is 0.667. The van der Waals surface area contributed by atoms with Crippen molar-refractivity contribution in [1.82, 2.24) is 0 Å². The summed E-state index contributed by atoms with van der Waals surface area (Å²) >= 11 is 0. The van der Waals surface area contributed by atoms with Crippen molar-refractivity contribution < 1.29 is 9.59 Å². The molecule has 0 amide bonds. The van der Waals surface area contributed by atoms with Gasteiger partial charge in [0.05, 0.1) is 6.42 Å². The highest BCUT2D eigenvalue weighted by atomic mass is 16.1. The SMILES string of the molecule is O=CCC(=O)C1CC1. The molecule has 0 aliphatic heterocycles. The van der Waals surface area contributed by atoms with Crippen LogP contribution in [-0.2, 0) is 9.59 Å². The molecule has 44 valence electrons. The van der Waals surface area contributed by atoms with Gasteiger partial charge in [0.15, 0.2) is 0 Å². The molecule has 0 N–H and O–H groups in total. The third-order valence-electron chi connectivity index (χ3n) is 1.32. The Morgan fingerprint density at radius 2 is 2.25 bits per heavy atom. The molecule has 1 saturated carbocycles. The van der Waals surface area contributed by atoms with Crippen molar-refractivity contribution in [2.24, 2.45) is 5.92 Å². The predicted octanol–water partition coefficient (Wildman–Crippen LogP) is 0.554. The van der Waals surface area contributed by atoms with E-state index in [9.17, 15) is 9.59 Å². The molecule has 0 aromatic rings. The normalized spacial score (nSPS) is 18.0. The van der Waals surface area contributed by atoms with Gasteiger partial charge < -0.3 is 4.79 Å². The van der Waals surface area contributed by atoms with E-state index in [0.29, 0.717) is 6.29 Å². The lowest BCUT2D eigenvalue weighted by Gasteiger charge is -1.84. The summed E-state index contributed by atoms with van der Waals surface area (Å²) in [4.78, 5) is 20.3. The van der Waals surface area contributed by atoms with E-state index in [-0.39, 0.29) is 18.1 Å². The van der Waals surface area contributed by atoms with Crippen LogP contribution in [-0.4, -0.2) is 12.1 Å². The fourth-order valence-electron chi connectivity index (χ4n) is 0.654. The first kappa shape index (κ1) is 5.48. The summed E-state index contributed by atoms with van der Waals surface area (Å²) in [6.07, 6.45) is 2.82. The molecular weight excluding hydrogens is 104 g/mol. The highest BCUT2D eigenvalue weighted by Gasteiger charge is 2.28. The third-order valence-corrected chi connectivity index (χ3v) is 1.32. The molecule has 1 rings (SSSR count). The lowest BCUT2D eigenvalue weighted by Crippen LogP contribution is -1.99. The number of hydrogen-bond donors (Lipinski definition) is 0. The van der Waals surface area contributed by atoms with Crippen LogP contribution in [0, 0.1) is 5.92 Å². The van der Waals surface area contributed by atoms with Gasteiger partial charge in [0.1, 0.15) is 12.1 Å². The zero-order valence-electron chi connectivity index (χ0n) is 4.59. The van der Waals surface area contributed by atoms with Crippen molar-refractivity contribution in [3.05, 3.63) is 0 Å². The van der Waals surface area contributed by atoms with Crippen LogP contribution in [0.3, 0.4) is 0 Å². The first-order valence-corrected chi connectivity index (χ1v) is 2.81. The Balaban J connectivity index is 2.22. The summed E-state index contributed by atoms with van der Waals surface area (Å²) in [5.41, 5.74) is 0. The van der Waals surface area contributed by atoms with Crippen molar-refractivity contribution in [1.29, 1.82) is 0 Å². The molecule has 0 radical (unpaired) electrons. The van der Waals surface area contributed by atoms with E-state index >= 15 is 0 Å². The maximum Gasteiger partial charge on any atom is 0.143 e. The molecule has 1 aliphatic rings. The van der Waals surface area contributed by atoms with Crippen molar-refractivity contribution in [2.45, 2.75) is 19.3 Å².